The normalized spacial score (nSPS) is 10.6. The van der Waals surface area contributed by atoms with Gasteiger partial charge in [0.2, 0.25) is 12.3 Å². The van der Waals surface area contributed by atoms with Gasteiger partial charge in [0.15, 0.2) is 0 Å². The fourth-order valence-electron chi connectivity index (χ4n) is 1.87. The van der Waals surface area contributed by atoms with Crippen LogP contribution in [-0.4, -0.2) is 59.5 Å². The molecular weight excluding hydrogens is 274 g/mol. The molecule has 1 aromatic carbocycles. The molecule has 112 valence electrons. The Kier molecular flexibility index (Phi) is 5.42. The lowest BCUT2D eigenvalue weighted by Gasteiger charge is -2.21. The number of rotatable bonds is 7. The van der Waals surface area contributed by atoms with E-state index < -0.39 is 0 Å². The maximum absolute atomic E-state index is 12.3. The molecule has 21 heavy (non-hydrogen) atoms. The Morgan fingerprint density at radius 2 is 2.10 bits per heavy atom. The standard InChI is InChI=1S/C14H17N3O4/c1-20-9-7-17(6-8-18)14(19)12-4-2-11(3-5-12)13-16-15-10-21-13/h2-5,10,18H,6-9H2,1H3. The van der Waals surface area contributed by atoms with Crippen LogP contribution in [0.1, 0.15) is 10.4 Å². The van der Waals surface area contributed by atoms with E-state index in [1.165, 1.54) is 6.39 Å². The number of methoxy groups -OCH3 is 1. The molecule has 0 aliphatic carbocycles. The number of aliphatic hydroxyl groups excluding tert-OH is 1. The number of hydrogen-bond donors (Lipinski definition) is 1. The minimum Gasteiger partial charge on any atom is -0.423 e. The average molecular weight is 291 g/mol. The summed E-state index contributed by atoms with van der Waals surface area (Å²) < 4.78 is 10.1. The molecular formula is C14H17N3O4. The number of carbonyl (C=O) groups excluding carboxylic acids is 1. The van der Waals surface area contributed by atoms with Gasteiger partial charge in [0.05, 0.1) is 13.2 Å². The van der Waals surface area contributed by atoms with Gasteiger partial charge in [0.1, 0.15) is 0 Å². The molecule has 0 fully saturated rings. The molecule has 0 aliphatic rings. The third-order valence-corrected chi connectivity index (χ3v) is 2.96. The van der Waals surface area contributed by atoms with E-state index in [4.69, 9.17) is 14.3 Å². The van der Waals surface area contributed by atoms with Crippen LogP contribution < -0.4 is 0 Å². The average Bonchev–Trinajstić information content (AvgIpc) is 3.05. The van der Waals surface area contributed by atoms with E-state index in [1.807, 2.05) is 0 Å². The van der Waals surface area contributed by atoms with E-state index >= 15 is 0 Å². The maximum Gasteiger partial charge on any atom is 0.254 e. The van der Waals surface area contributed by atoms with Gasteiger partial charge in [0, 0.05) is 31.3 Å². The predicted octanol–water partition coefficient (Wildman–Crippen LogP) is 0.818. The maximum atomic E-state index is 12.3. The van der Waals surface area contributed by atoms with Crippen molar-refractivity contribution in [1.82, 2.24) is 15.1 Å². The van der Waals surface area contributed by atoms with Gasteiger partial charge in [-0.2, -0.15) is 0 Å². The van der Waals surface area contributed by atoms with Gasteiger partial charge in [-0.15, -0.1) is 10.2 Å². The Labute approximate surface area is 122 Å². The first kappa shape index (κ1) is 15.1. The number of amides is 1. The molecule has 1 heterocycles. The molecule has 1 amide bonds. The van der Waals surface area contributed by atoms with Crippen LogP contribution in [0.2, 0.25) is 0 Å². The second-order valence-corrected chi connectivity index (χ2v) is 4.33. The van der Waals surface area contributed by atoms with Crippen LogP contribution in [0.15, 0.2) is 35.1 Å². The number of hydrogen-bond acceptors (Lipinski definition) is 6. The fourth-order valence-corrected chi connectivity index (χ4v) is 1.87. The summed E-state index contributed by atoms with van der Waals surface area (Å²) in [7, 11) is 1.57. The molecule has 1 aromatic heterocycles. The first-order chi connectivity index (χ1) is 10.3. The second-order valence-electron chi connectivity index (χ2n) is 4.33. The lowest BCUT2D eigenvalue weighted by molar-refractivity contribution is 0.0656. The number of nitrogens with zero attached hydrogens (tertiary/aromatic N) is 3. The molecule has 2 aromatic rings. The summed E-state index contributed by atoms with van der Waals surface area (Å²) in [6, 6.07) is 6.88. The van der Waals surface area contributed by atoms with E-state index in [0.717, 1.165) is 5.56 Å². The molecule has 0 aliphatic heterocycles. The number of ether oxygens (including phenoxy) is 1. The van der Waals surface area contributed by atoms with Crippen molar-refractivity contribution in [2.45, 2.75) is 0 Å². The smallest absolute Gasteiger partial charge is 0.254 e. The highest BCUT2D eigenvalue weighted by atomic mass is 16.5. The number of aromatic nitrogens is 2. The summed E-state index contributed by atoms with van der Waals surface area (Å²) in [5.41, 5.74) is 1.28. The minimum atomic E-state index is -0.154. The lowest BCUT2D eigenvalue weighted by atomic mass is 10.1. The van der Waals surface area contributed by atoms with E-state index in [-0.39, 0.29) is 19.1 Å². The molecule has 0 saturated heterocycles. The van der Waals surface area contributed by atoms with Crippen molar-refractivity contribution in [2.75, 3.05) is 33.4 Å². The van der Waals surface area contributed by atoms with Crippen molar-refractivity contribution in [3.8, 4) is 11.5 Å². The van der Waals surface area contributed by atoms with Crippen LogP contribution in [-0.2, 0) is 4.74 Å². The topological polar surface area (TPSA) is 88.7 Å². The Morgan fingerprint density at radius 1 is 1.33 bits per heavy atom. The van der Waals surface area contributed by atoms with Gasteiger partial charge in [-0.05, 0) is 24.3 Å². The molecule has 0 bridgehead atoms. The van der Waals surface area contributed by atoms with E-state index in [1.54, 1.807) is 36.3 Å². The highest BCUT2D eigenvalue weighted by Crippen LogP contribution is 2.17. The van der Waals surface area contributed by atoms with E-state index in [0.29, 0.717) is 24.6 Å². The predicted molar refractivity (Wildman–Crippen MR) is 74.6 cm³/mol. The molecule has 0 unspecified atom stereocenters. The van der Waals surface area contributed by atoms with Gasteiger partial charge < -0.3 is 19.2 Å². The zero-order valence-corrected chi connectivity index (χ0v) is 11.7. The summed E-state index contributed by atoms with van der Waals surface area (Å²) in [4.78, 5) is 13.9. The zero-order valence-electron chi connectivity index (χ0n) is 11.7. The Morgan fingerprint density at radius 3 is 2.67 bits per heavy atom. The number of aliphatic hydroxyl groups is 1. The van der Waals surface area contributed by atoms with Gasteiger partial charge in [-0.1, -0.05) is 0 Å². The molecule has 7 heteroatoms. The molecule has 1 N–H and O–H groups in total. The third-order valence-electron chi connectivity index (χ3n) is 2.96. The van der Waals surface area contributed by atoms with Crippen LogP contribution in [0.25, 0.3) is 11.5 Å². The molecule has 2 rings (SSSR count). The van der Waals surface area contributed by atoms with Crippen LogP contribution in [0.5, 0.6) is 0 Å². The summed E-state index contributed by atoms with van der Waals surface area (Å²) in [5, 5.41) is 16.5. The number of carbonyl (C=O) groups is 1. The SMILES string of the molecule is COCCN(CCO)C(=O)c1ccc(-c2nnco2)cc1. The van der Waals surface area contributed by atoms with Crippen molar-refractivity contribution < 1.29 is 19.1 Å². The summed E-state index contributed by atoms with van der Waals surface area (Å²) in [5.74, 6) is 0.249. The van der Waals surface area contributed by atoms with Crippen LogP contribution in [0, 0.1) is 0 Å². The lowest BCUT2D eigenvalue weighted by Crippen LogP contribution is -2.36. The zero-order chi connectivity index (χ0) is 15.1. The van der Waals surface area contributed by atoms with Crippen molar-refractivity contribution >= 4 is 5.91 Å². The first-order valence-corrected chi connectivity index (χ1v) is 6.52. The summed E-state index contributed by atoms with van der Waals surface area (Å²) >= 11 is 0. The fraction of sp³-hybridized carbons (Fsp3) is 0.357. The molecule has 0 radical (unpaired) electrons. The van der Waals surface area contributed by atoms with Crippen LogP contribution in [0.4, 0.5) is 0 Å². The van der Waals surface area contributed by atoms with Crippen LogP contribution >= 0.6 is 0 Å². The Bertz CT molecular complexity index is 554. The molecule has 0 saturated carbocycles. The monoisotopic (exact) mass is 291 g/mol. The quantitative estimate of drug-likeness (QED) is 0.812. The highest BCUT2D eigenvalue weighted by molar-refractivity contribution is 5.94. The van der Waals surface area contributed by atoms with Gasteiger partial charge in [-0.3, -0.25) is 4.79 Å². The second kappa shape index (κ2) is 7.51. The Balaban J connectivity index is 2.10. The van der Waals surface area contributed by atoms with Gasteiger partial charge in [0.25, 0.3) is 5.91 Å². The van der Waals surface area contributed by atoms with Crippen molar-refractivity contribution in [1.29, 1.82) is 0 Å². The molecule has 0 atom stereocenters. The Hall–Kier alpha value is -2.25. The summed E-state index contributed by atoms with van der Waals surface area (Å²) in [6.45, 7) is 1.04. The highest BCUT2D eigenvalue weighted by Gasteiger charge is 2.15. The van der Waals surface area contributed by atoms with Gasteiger partial charge >= 0.3 is 0 Å². The largest absolute Gasteiger partial charge is 0.423 e. The number of benzene rings is 1. The van der Waals surface area contributed by atoms with Crippen molar-refractivity contribution in [2.24, 2.45) is 0 Å². The van der Waals surface area contributed by atoms with Gasteiger partial charge in [-0.25, -0.2) is 0 Å². The van der Waals surface area contributed by atoms with E-state index in [2.05, 4.69) is 10.2 Å². The third kappa shape index (κ3) is 3.87. The molecule has 7 nitrogen and oxygen atoms in total. The summed E-state index contributed by atoms with van der Waals surface area (Å²) in [6.07, 6.45) is 1.25. The van der Waals surface area contributed by atoms with Crippen molar-refractivity contribution in [3.63, 3.8) is 0 Å². The first-order valence-electron chi connectivity index (χ1n) is 6.52. The molecule has 0 spiro atoms. The van der Waals surface area contributed by atoms with E-state index in [9.17, 15) is 4.79 Å². The van der Waals surface area contributed by atoms with Crippen LogP contribution in [0.3, 0.4) is 0 Å². The van der Waals surface area contributed by atoms with Crippen molar-refractivity contribution in [3.05, 3.63) is 36.2 Å². The minimum absolute atomic E-state index is 0.0878.